The standard InChI is InChI=1S/C32H64O2/c1-3-5-7-9-11-13-15-16-17-18-19-20-22-24-26-28-30-31(32(33)34)29-27-25-23-21-14-12-10-8-6-4-2/h31H,3-30H2,1-2H3,(H,33,34)/p-1. The summed E-state index contributed by atoms with van der Waals surface area (Å²) in [7, 11) is 0. The van der Waals surface area contributed by atoms with Crippen molar-refractivity contribution in [3.8, 4) is 0 Å². The molecule has 0 aromatic rings. The van der Waals surface area contributed by atoms with Gasteiger partial charge < -0.3 is 9.90 Å². The lowest BCUT2D eigenvalue weighted by atomic mass is 9.94. The first-order chi connectivity index (χ1) is 16.7. The van der Waals surface area contributed by atoms with E-state index in [2.05, 4.69) is 13.8 Å². The molecule has 1 unspecified atom stereocenters. The number of carbonyl (C=O) groups is 1. The third kappa shape index (κ3) is 26.1. The van der Waals surface area contributed by atoms with Crippen LogP contribution in [0.1, 0.15) is 194 Å². The summed E-state index contributed by atoms with van der Waals surface area (Å²) in [6, 6.07) is 0. The second kappa shape index (κ2) is 28.7. The van der Waals surface area contributed by atoms with Crippen molar-refractivity contribution in [2.24, 2.45) is 5.92 Å². The summed E-state index contributed by atoms with van der Waals surface area (Å²) in [5.41, 5.74) is 0. The molecule has 2 heteroatoms. The molecule has 0 aromatic carbocycles. The highest BCUT2D eigenvalue weighted by molar-refractivity contribution is 5.67. The van der Waals surface area contributed by atoms with E-state index in [1.54, 1.807) is 0 Å². The van der Waals surface area contributed by atoms with Gasteiger partial charge in [0, 0.05) is 5.97 Å². The van der Waals surface area contributed by atoms with Crippen molar-refractivity contribution in [1.29, 1.82) is 0 Å². The number of hydrogen-bond donors (Lipinski definition) is 0. The van der Waals surface area contributed by atoms with Crippen LogP contribution in [0.3, 0.4) is 0 Å². The van der Waals surface area contributed by atoms with Gasteiger partial charge in [-0.05, 0) is 18.8 Å². The Morgan fingerprint density at radius 3 is 0.824 bits per heavy atom. The molecule has 0 rings (SSSR count). The van der Waals surface area contributed by atoms with Gasteiger partial charge in [-0.25, -0.2) is 0 Å². The summed E-state index contributed by atoms with van der Waals surface area (Å²) in [5, 5.41) is 11.5. The summed E-state index contributed by atoms with van der Waals surface area (Å²) in [5.74, 6) is -1.02. The Balaban J connectivity index is 3.38. The molecule has 0 aliphatic carbocycles. The predicted molar refractivity (Wildman–Crippen MR) is 149 cm³/mol. The molecule has 0 spiro atoms. The zero-order valence-corrected chi connectivity index (χ0v) is 23.7. The van der Waals surface area contributed by atoms with E-state index < -0.39 is 5.97 Å². The lowest BCUT2D eigenvalue weighted by molar-refractivity contribution is -0.312. The molecule has 0 amide bonds. The lowest BCUT2D eigenvalue weighted by Gasteiger charge is -2.17. The van der Waals surface area contributed by atoms with E-state index in [-0.39, 0.29) is 5.92 Å². The first kappa shape index (κ1) is 33.5. The maximum absolute atomic E-state index is 11.5. The van der Waals surface area contributed by atoms with Crippen molar-refractivity contribution < 1.29 is 9.90 Å². The Morgan fingerprint density at radius 1 is 0.412 bits per heavy atom. The summed E-state index contributed by atoms with van der Waals surface area (Å²) < 4.78 is 0. The van der Waals surface area contributed by atoms with Gasteiger partial charge in [0.1, 0.15) is 0 Å². The molecule has 0 heterocycles. The van der Waals surface area contributed by atoms with Crippen molar-refractivity contribution in [2.75, 3.05) is 0 Å². The third-order valence-corrected chi connectivity index (χ3v) is 7.65. The van der Waals surface area contributed by atoms with E-state index in [9.17, 15) is 9.90 Å². The second-order valence-corrected chi connectivity index (χ2v) is 11.1. The van der Waals surface area contributed by atoms with E-state index in [1.165, 1.54) is 154 Å². The van der Waals surface area contributed by atoms with Gasteiger partial charge in [0.15, 0.2) is 0 Å². The van der Waals surface area contributed by atoms with Crippen molar-refractivity contribution >= 4 is 5.97 Å². The summed E-state index contributed by atoms with van der Waals surface area (Å²) in [6.07, 6.45) is 36.5. The van der Waals surface area contributed by atoms with Crippen LogP contribution in [0.5, 0.6) is 0 Å². The quantitative estimate of drug-likeness (QED) is 0.100. The molecule has 2 nitrogen and oxygen atoms in total. The highest BCUT2D eigenvalue weighted by Gasteiger charge is 2.09. The molecular formula is C32H63O2-. The van der Waals surface area contributed by atoms with Gasteiger partial charge in [0.05, 0.1) is 0 Å². The van der Waals surface area contributed by atoms with Crippen molar-refractivity contribution in [3.63, 3.8) is 0 Å². The largest absolute Gasteiger partial charge is 0.550 e. The number of carboxylic acids is 1. The zero-order valence-electron chi connectivity index (χ0n) is 23.7. The fraction of sp³-hybridized carbons (Fsp3) is 0.969. The molecule has 0 radical (unpaired) electrons. The molecular weight excluding hydrogens is 416 g/mol. The molecule has 0 aliphatic rings. The molecule has 34 heavy (non-hydrogen) atoms. The van der Waals surface area contributed by atoms with Crippen LogP contribution in [-0.4, -0.2) is 5.97 Å². The van der Waals surface area contributed by atoms with E-state index >= 15 is 0 Å². The Morgan fingerprint density at radius 2 is 0.618 bits per heavy atom. The Kier molecular flexibility index (Phi) is 28.3. The second-order valence-electron chi connectivity index (χ2n) is 11.1. The van der Waals surface area contributed by atoms with Gasteiger partial charge in [0.2, 0.25) is 0 Å². The summed E-state index contributed by atoms with van der Waals surface area (Å²) in [6.45, 7) is 4.55. The van der Waals surface area contributed by atoms with Crippen molar-refractivity contribution in [1.82, 2.24) is 0 Å². The van der Waals surface area contributed by atoms with Crippen molar-refractivity contribution in [2.45, 2.75) is 194 Å². The Bertz CT molecular complexity index is 392. The molecule has 0 aromatic heterocycles. The summed E-state index contributed by atoms with van der Waals surface area (Å²) in [4.78, 5) is 11.5. The lowest BCUT2D eigenvalue weighted by Crippen LogP contribution is -2.31. The Hall–Kier alpha value is -0.530. The van der Waals surface area contributed by atoms with E-state index in [1.807, 2.05) is 0 Å². The maximum atomic E-state index is 11.5. The highest BCUT2D eigenvalue weighted by atomic mass is 16.4. The predicted octanol–water partition coefficient (Wildman–Crippen LogP) is 10.3. The van der Waals surface area contributed by atoms with Gasteiger partial charge in [-0.2, -0.15) is 0 Å². The topological polar surface area (TPSA) is 40.1 Å². The smallest absolute Gasteiger partial charge is 0.0445 e. The average molecular weight is 480 g/mol. The Labute approximate surface area is 215 Å². The van der Waals surface area contributed by atoms with Crippen LogP contribution in [0.4, 0.5) is 0 Å². The molecule has 204 valence electrons. The molecule has 0 saturated carbocycles. The highest BCUT2D eigenvalue weighted by Crippen LogP contribution is 2.20. The number of hydrogen-bond acceptors (Lipinski definition) is 2. The number of carbonyl (C=O) groups excluding carboxylic acids is 1. The molecule has 0 N–H and O–H groups in total. The molecule has 0 fully saturated rings. The van der Waals surface area contributed by atoms with E-state index in [4.69, 9.17) is 0 Å². The number of rotatable bonds is 29. The van der Waals surface area contributed by atoms with Gasteiger partial charge in [0.25, 0.3) is 0 Å². The minimum atomic E-state index is -0.808. The first-order valence-electron chi connectivity index (χ1n) is 15.9. The minimum Gasteiger partial charge on any atom is -0.550 e. The van der Waals surface area contributed by atoms with Gasteiger partial charge >= 0.3 is 0 Å². The van der Waals surface area contributed by atoms with Gasteiger partial charge in [-0.15, -0.1) is 0 Å². The molecule has 0 bridgehead atoms. The maximum Gasteiger partial charge on any atom is 0.0445 e. The third-order valence-electron chi connectivity index (χ3n) is 7.65. The van der Waals surface area contributed by atoms with Crippen LogP contribution in [0.15, 0.2) is 0 Å². The van der Waals surface area contributed by atoms with E-state index in [0.717, 1.165) is 25.7 Å². The van der Waals surface area contributed by atoms with Crippen LogP contribution in [-0.2, 0) is 4.79 Å². The summed E-state index contributed by atoms with van der Waals surface area (Å²) >= 11 is 0. The number of unbranched alkanes of at least 4 members (excludes halogenated alkanes) is 24. The molecule has 0 aliphatic heterocycles. The van der Waals surface area contributed by atoms with Crippen LogP contribution < -0.4 is 5.11 Å². The first-order valence-corrected chi connectivity index (χ1v) is 15.9. The number of carboxylic acid groups (broad SMARTS) is 1. The van der Waals surface area contributed by atoms with Gasteiger partial charge in [-0.3, -0.25) is 0 Å². The fourth-order valence-electron chi connectivity index (χ4n) is 5.20. The van der Waals surface area contributed by atoms with E-state index in [0.29, 0.717) is 0 Å². The monoisotopic (exact) mass is 479 g/mol. The normalized spacial score (nSPS) is 12.3. The average Bonchev–Trinajstić information content (AvgIpc) is 2.83. The molecule has 0 saturated heterocycles. The fourth-order valence-corrected chi connectivity index (χ4v) is 5.20. The van der Waals surface area contributed by atoms with Crippen LogP contribution >= 0.6 is 0 Å². The van der Waals surface area contributed by atoms with Crippen LogP contribution in [0, 0.1) is 5.92 Å². The molecule has 1 atom stereocenters. The van der Waals surface area contributed by atoms with Crippen molar-refractivity contribution in [3.05, 3.63) is 0 Å². The SMILES string of the molecule is CCCCCCCCCCCCCCCCCCC(CCCCCCCCCCCC)C(=O)[O-]. The van der Waals surface area contributed by atoms with Gasteiger partial charge in [-0.1, -0.05) is 181 Å². The minimum absolute atomic E-state index is 0.208. The van der Waals surface area contributed by atoms with Crippen LogP contribution in [0.2, 0.25) is 0 Å². The zero-order chi connectivity index (χ0) is 25.0. The number of aliphatic carboxylic acids is 1. The van der Waals surface area contributed by atoms with Crippen LogP contribution in [0.25, 0.3) is 0 Å².